The number of nitrogens with one attached hydrogen (secondary N) is 1. The number of fused-ring (bicyclic) bond motifs is 2. The molecule has 0 amide bonds. The highest BCUT2D eigenvalue weighted by Crippen LogP contribution is 2.51. The zero-order valence-corrected chi connectivity index (χ0v) is 16.7. The van der Waals surface area contributed by atoms with Crippen molar-refractivity contribution in [3.8, 4) is 5.75 Å². The molecule has 0 aliphatic carbocycles. The maximum atomic E-state index is 13.3. The van der Waals surface area contributed by atoms with Crippen LogP contribution in [0.3, 0.4) is 0 Å². The van der Waals surface area contributed by atoms with Crippen molar-refractivity contribution in [3.05, 3.63) is 52.5 Å². The molecule has 0 saturated carbocycles. The molecule has 0 radical (unpaired) electrons. The topological polar surface area (TPSA) is 117 Å². The summed E-state index contributed by atoms with van der Waals surface area (Å²) in [5.41, 5.74) is 5.24. The second kappa shape index (κ2) is 7.98. The Hall–Kier alpha value is -3.29. The first-order valence-corrected chi connectivity index (χ1v) is 9.60. The standard InChI is InChI=1S/C21H24N2O6/c1-4-9-13-15(18(24)27-5-2)21(17(22)16(23-13)19(25)28-6-3)12-10-7-8-11-14(12)29-20(21)26/h7-8,10-11,23H,4-6,9,22H2,1-3H3/t21-/m1/s1. The van der Waals surface area contributed by atoms with Crippen molar-refractivity contribution in [2.24, 2.45) is 5.73 Å². The van der Waals surface area contributed by atoms with Crippen molar-refractivity contribution in [2.75, 3.05) is 13.2 Å². The fraction of sp³-hybridized carbons (Fsp3) is 0.381. The molecule has 1 spiro atoms. The van der Waals surface area contributed by atoms with Crippen LogP contribution < -0.4 is 15.8 Å². The van der Waals surface area contributed by atoms with Gasteiger partial charge in [-0.05, 0) is 26.3 Å². The number of dihydropyridines is 1. The Morgan fingerprint density at radius 2 is 1.76 bits per heavy atom. The summed E-state index contributed by atoms with van der Waals surface area (Å²) < 4.78 is 15.8. The maximum absolute atomic E-state index is 13.3. The third-order valence-electron chi connectivity index (χ3n) is 4.89. The van der Waals surface area contributed by atoms with Gasteiger partial charge in [-0.3, -0.25) is 0 Å². The molecular formula is C21H24N2O6. The molecule has 8 heteroatoms. The molecule has 0 aromatic heterocycles. The zero-order chi connectivity index (χ0) is 21.2. The van der Waals surface area contributed by atoms with Gasteiger partial charge in [0.25, 0.3) is 0 Å². The van der Waals surface area contributed by atoms with E-state index in [2.05, 4.69) is 5.32 Å². The molecule has 2 aliphatic rings. The molecule has 2 heterocycles. The van der Waals surface area contributed by atoms with Crippen LogP contribution in [0.2, 0.25) is 0 Å². The molecule has 2 aliphatic heterocycles. The normalized spacial score (nSPS) is 20.3. The zero-order valence-electron chi connectivity index (χ0n) is 16.7. The first kappa shape index (κ1) is 20.4. The van der Waals surface area contributed by atoms with Gasteiger partial charge in [0.15, 0.2) is 5.41 Å². The summed E-state index contributed by atoms with van der Waals surface area (Å²) in [7, 11) is 0. The van der Waals surface area contributed by atoms with Crippen molar-refractivity contribution >= 4 is 17.9 Å². The lowest BCUT2D eigenvalue weighted by molar-refractivity contribution is -0.144. The molecule has 1 aromatic rings. The van der Waals surface area contributed by atoms with Crippen LogP contribution in [0, 0.1) is 0 Å². The van der Waals surface area contributed by atoms with Crippen LogP contribution in [0.5, 0.6) is 5.75 Å². The molecule has 0 unspecified atom stereocenters. The molecule has 3 N–H and O–H groups in total. The van der Waals surface area contributed by atoms with E-state index in [-0.39, 0.29) is 35.9 Å². The number of carbonyl (C=O) groups is 3. The molecule has 154 valence electrons. The van der Waals surface area contributed by atoms with Gasteiger partial charge < -0.3 is 25.3 Å². The van der Waals surface area contributed by atoms with E-state index >= 15 is 0 Å². The van der Waals surface area contributed by atoms with E-state index in [1.165, 1.54) is 0 Å². The number of rotatable bonds is 6. The van der Waals surface area contributed by atoms with Crippen LogP contribution in [-0.4, -0.2) is 31.1 Å². The Labute approximate surface area is 168 Å². The molecular weight excluding hydrogens is 376 g/mol. The van der Waals surface area contributed by atoms with E-state index in [1.54, 1.807) is 38.1 Å². The number of esters is 3. The number of hydrogen-bond acceptors (Lipinski definition) is 8. The Kier molecular flexibility index (Phi) is 5.63. The van der Waals surface area contributed by atoms with Gasteiger partial charge in [-0.1, -0.05) is 31.5 Å². The van der Waals surface area contributed by atoms with Gasteiger partial charge >= 0.3 is 17.9 Å². The maximum Gasteiger partial charge on any atom is 0.356 e. The monoisotopic (exact) mass is 400 g/mol. The average molecular weight is 400 g/mol. The fourth-order valence-electron chi connectivity index (χ4n) is 3.75. The third kappa shape index (κ3) is 3.04. The summed E-state index contributed by atoms with van der Waals surface area (Å²) >= 11 is 0. The second-order valence-electron chi connectivity index (χ2n) is 6.59. The van der Waals surface area contributed by atoms with Crippen molar-refractivity contribution < 1.29 is 28.6 Å². The minimum atomic E-state index is -1.78. The molecule has 1 atom stereocenters. The van der Waals surface area contributed by atoms with Crippen LogP contribution >= 0.6 is 0 Å². The average Bonchev–Trinajstić information content (AvgIpc) is 2.98. The largest absolute Gasteiger partial charge is 0.463 e. The van der Waals surface area contributed by atoms with Gasteiger partial charge in [0.05, 0.1) is 24.5 Å². The van der Waals surface area contributed by atoms with Crippen molar-refractivity contribution in [3.63, 3.8) is 0 Å². The quantitative estimate of drug-likeness (QED) is 0.548. The van der Waals surface area contributed by atoms with Gasteiger partial charge in [-0.2, -0.15) is 0 Å². The Bertz CT molecular complexity index is 933. The van der Waals surface area contributed by atoms with Crippen LogP contribution in [0.1, 0.15) is 39.2 Å². The Morgan fingerprint density at radius 3 is 2.41 bits per heavy atom. The van der Waals surface area contributed by atoms with Gasteiger partial charge in [-0.25, -0.2) is 14.4 Å². The molecule has 8 nitrogen and oxygen atoms in total. The summed E-state index contributed by atoms with van der Waals surface area (Å²) in [4.78, 5) is 38.9. The molecule has 1 aromatic carbocycles. The first-order chi connectivity index (χ1) is 13.9. The van der Waals surface area contributed by atoms with Gasteiger partial charge in [0, 0.05) is 11.3 Å². The summed E-state index contributed by atoms with van der Waals surface area (Å²) in [5, 5.41) is 2.93. The van der Waals surface area contributed by atoms with Crippen LogP contribution in [0.25, 0.3) is 0 Å². The highest BCUT2D eigenvalue weighted by molar-refractivity contribution is 6.10. The van der Waals surface area contributed by atoms with Crippen molar-refractivity contribution in [2.45, 2.75) is 39.0 Å². The fourth-order valence-corrected chi connectivity index (χ4v) is 3.75. The predicted octanol–water partition coefficient (Wildman–Crippen LogP) is 1.80. The van der Waals surface area contributed by atoms with E-state index in [0.717, 1.165) is 0 Å². The molecule has 3 rings (SSSR count). The molecule has 0 bridgehead atoms. The molecule has 29 heavy (non-hydrogen) atoms. The van der Waals surface area contributed by atoms with E-state index in [9.17, 15) is 14.4 Å². The smallest absolute Gasteiger partial charge is 0.356 e. The van der Waals surface area contributed by atoms with Crippen LogP contribution in [0.4, 0.5) is 0 Å². The number of hydrogen-bond donors (Lipinski definition) is 2. The van der Waals surface area contributed by atoms with Crippen LogP contribution in [-0.2, 0) is 29.3 Å². The highest BCUT2D eigenvalue weighted by Gasteiger charge is 2.60. The summed E-state index contributed by atoms with van der Waals surface area (Å²) in [5.74, 6) is -1.87. The lowest BCUT2D eigenvalue weighted by atomic mass is 9.69. The lowest BCUT2D eigenvalue weighted by Gasteiger charge is -2.36. The van der Waals surface area contributed by atoms with Gasteiger partial charge in [0.2, 0.25) is 0 Å². The van der Waals surface area contributed by atoms with E-state index < -0.39 is 23.3 Å². The van der Waals surface area contributed by atoms with Crippen molar-refractivity contribution in [1.82, 2.24) is 5.32 Å². The molecule has 0 saturated heterocycles. The number of benzene rings is 1. The molecule has 0 fully saturated rings. The van der Waals surface area contributed by atoms with Gasteiger partial charge in [-0.15, -0.1) is 0 Å². The minimum absolute atomic E-state index is 0.0432. The van der Waals surface area contributed by atoms with Crippen molar-refractivity contribution in [1.29, 1.82) is 0 Å². The number of ether oxygens (including phenoxy) is 3. The second-order valence-corrected chi connectivity index (χ2v) is 6.59. The number of para-hydroxylation sites is 1. The van der Waals surface area contributed by atoms with Gasteiger partial charge in [0.1, 0.15) is 11.4 Å². The SMILES string of the molecule is CCCC1=C(C(=O)OCC)[C@@]2(C(=O)Oc3ccccc32)C(N)=C(C(=O)OCC)N1. The van der Waals surface area contributed by atoms with E-state index in [1.807, 2.05) is 6.92 Å². The number of carbonyl (C=O) groups excluding carboxylic acids is 3. The van der Waals surface area contributed by atoms with Crippen LogP contribution in [0.15, 0.2) is 46.9 Å². The third-order valence-corrected chi connectivity index (χ3v) is 4.89. The Balaban J connectivity index is 2.36. The highest BCUT2D eigenvalue weighted by atomic mass is 16.6. The van der Waals surface area contributed by atoms with E-state index in [4.69, 9.17) is 19.9 Å². The summed E-state index contributed by atoms with van der Waals surface area (Å²) in [6.45, 7) is 5.49. The number of allylic oxidation sites excluding steroid dienone is 1. The lowest BCUT2D eigenvalue weighted by Crippen LogP contribution is -2.51. The van der Waals surface area contributed by atoms with E-state index in [0.29, 0.717) is 24.1 Å². The first-order valence-electron chi connectivity index (χ1n) is 9.60. The predicted molar refractivity (Wildman–Crippen MR) is 103 cm³/mol. The summed E-state index contributed by atoms with van der Waals surface area (Å²) in [6.07, 6.45) is 1.04. The minimum Gasteiger partial charge on any atom is -0.463 e. The number of nitrogens with two attached hydrogens (primary N) is 1. The Morgan fingerprint density at radius 1 is 1.10 bits per heavy atom. The summed E-state index contributed by atoms with van der Waals surface area (Å²) in [6, 6.07) is 6.69.